The van der Waals surface area contributed by atoms with Crippen LogP contribution in [0.2, 0.25) is 0 Å². The van der Waals surface area contributed by atoms with Gasteiger partial charge in [-0.15, -0.1) is 0 Å². The lowest BCUT2D eigenvalue weighted by Crippen LogP contribution is -2.13. The second-order valence-corrected chi connectivity index (χ2v) is 5.46. The van der Waals surface area contributed by atoms with E-state index in [0.717, 1.165) is 19.5 Å². The molecule has 0 amide bonds. The molecule has 0 rings (SSSR count). The third-order valence-electron chi connectivity index (χ3n) is 1.99. The molecule has 0 radical (unpaired) electrons. The van der Waals surface area contributed by atoms with Gasteiger partial charge in [0.15, 0.2) is 0 Å². The Hall–Kier alpha value is -0.580. The van der Waals surface area contributed by atoms with E-state index in [0.29, 0.717) is 13.0 Å². The highest BCUT2D eigenvalue weighted by Crippen LogP contribution is 2.37. The molecule has 0 aliphatic heterocycles. The Morgan fingerprint density at radius 1 is 1.56 bits per heavy atom. The molecule has 2 unspecified atom stereocenters. The molecule has 0 aliphatic rings. The molecule has 94 valence electrons. The summed E-state index contributed by atoms with van der Waals surface area (Å²) in [5.74, 6) is -0.147. The Kier molecular flexibility index (Phi) is 8.25. The van der Waals surface area contributed by atoms with Gasteiger partial charge in [-0.05, 0) is 18.4 Å². The topological polar surface area (TPSA) is 116 Å². The van der Waals surface area contributed by atoms with Crippen molar-refractivity contribution in [2.45, 2.75) is 19.3 Å². The van der Waals surface area contributed by atoms with E-state index in [9.17, 15) is 4.57 Å². The van der Waals surface area contributed by atoms with Crippen LogP contribution in [0.3, 0.4) is 0 Å². The number of aliphatic hydroxyl groups is 1. The summed E-state index contributed by atoms with van der Waals surface area (Å²) >= 11 is 0. The third-order valence-corrected chi connectivity index (χ3v) is 2.62. The van der Waals surface area contributed by atoms with Crippen LogP contribution in [0.25, 0.3) is 10.4 Å². The molecule has 0 heterocycles. The fourth-order valence-corrected chi connectivity index (χ4v) is 1.62. The first-order chi connectivity index (χ1) is 7.49. The van der Waals surface area contributed by atoms with Gasteiger partial charge >= 0.3 is 7.60 Å². The lowest BCUT2D eigenvalue weighted by Gasteiger charge is -2.15. The third kappa shape index (κ3) is 9.96. The number of nitrogens with zero attached hydrogens (tertiary/aromatic N) is 3. The Balaban J connectivity index is 3.67. The Bertz CT molecular complexity index is 274. The smallest absolute Gasteiger partial charge is 0.325 e. The summed E-state index contributed by atoms with van der Waals surface area (Å²) in [4.78, 5) is 11.5. The second-order valence-electron chi connectivity index (χ2n) is 3.60. The van der Waals surface area contributed by atoms with Crippen molar-refractivity contribution in [3.05, 3.63) is 10.4 Å². The Morgan fingerprint density at radius 3 is 2.75 bits per heavy atom. The number of rotatable bonds is 9. The lowest BCUT2D eigenvalue weighted by molar-refractivity contribution is 0.145. The van der Waals surface area contributed by atoms with Crippen LogP contribution in [0.1, 0.15) is 19.3 Å². The van der Waals surface area contributed by atoms with Crippen molar-refractivity contribution in [3.8, 4) is 0 Å². The molecule has 0 fully saturated rings. The molecule has 2 atom stereocenters. The summed E-state index contributed by atoms with van der Waals surface area (Å²) in [5.41, 5.74) is 8.03. The van der Waals surface area contributed by atoms with Gasteiger partial charge in [0.05, 0.1) is 6.61 Å². The fraction of sp³-hybridized carbons (Fsp3) is 1.00. The maximum atomic E-state index is 10.8. The van der Waals surface area contributed by atoms with Crippen LogP contribution in [0.15, 0.2) is 5.11 Å². The predicted octanol–water partition coefficient (Wildman–Crippen LogP) is 1.91. The van der Waals surface area contributed by atoms with Crippen molar-refractivity contribution in [1.82, 2.24) is 0 Å². The largest absolute Gasteiger partial charge is 0.396 e. The number of aliphatic hydroxyl groups excluding tert-OH is 1. The highest BCUT2D eigenvalue weighted by Gasteiger charge is 2.14. The van der Waals surface area contributed by atoms with Crippen molar-refractivity contribution in [2.75, 3.05) is 26.4 Å². The summed E-state index contributed by atoms with van der Waals surface area (Å²) < 4.78 is 15.6. The van der Waals surface area contributed by atoms with Crippen LogP contribution in [-0.4, -0.2) is 36.4 Å². The minimum Gasteiger partial charge on any atom is -0.396 e. The molecule has 0 aromatic heterocycles. The summed E-state index contributed by atoms with van der Waals surface area (Å²) in [7, 11) is -3.46. The monoisotopic (exact) mass is 251 g/mol. The van der Waals surface area contributed by atoms with Crippen LogP contribution in [0, 0.1) is 5.92 Å². The van der Waals surface area contributed by atoms with Crippen molar-refractivity contribution >= 4 is 7.60 Å². The van der Waals surface area contributed by atoms with Crippen molar-refractivity contribution < 1.29 is 19.1 Å². The molecular weight excluding hydrogens is 233 g/mol. The predicted molar refractivity (Wildman–Crippen MR) is 60.1 cm³/mol. The zero-order chi connectivity index (χ0) is 12.4. The van der Waals surface area contributed by atoms with Crippen LogP contribution in [-0.2, 0) is 9.09 Å². The minimum atomic E-state index is -3.46. The highest BCUT2D eigenvalue weighted by molar-refractivity contribution is 7.51. The number of hydrogen-bond donors (Lipinski definition) is 2. The molecule has 0 aromatic carbocycles. The highest BCUT2D eigenvalue weighted by atomic mass is 31.2. The molecule has 0 saturated heterocycles. The van der Waals surface area contributed by atoms with Crippen LogP contribution >= 0.6 is 7.60 Å². The van der Waals surface area contributed by atoms with E-state index in [1.807, 2.05) is 0 Å². The molecule has 0 aromatic rings. The molecule has 0 spiro atoms. The van der Waals surface area contributed by atoms with E-state index >= 15 is 0 Å². The van der Waals surface area contributed by atoms with Gasteiger partial charge in [-0.25, -0.2) is 0 Å². The first-order valence-electron chi connectivity index (χ1n) is 5.06. The number of azide groups is 1. The van der Waals surface area contributed by atoms with Crippen molar-refractivity contribution in [3.63, 3.8) is 0 Å². The lowest BCUT2D eigenvalue weighted by atomic mass is 10.0. The minimum absolute atomic E-state index is 0.0717. The quantitative estimate of drug-likeness (QED) is 0.214. The van der Waals surface area contributed by atoms with Crippen molar-refractivity contribution in [2.24, 2.45) is 11.0 Å². The van der Waals surface area contributed by atoms with Gasteiger partial charge in [-0.1, -0.05) is 11.5 Å². The normalized spacial score (nSPS) is 16.2. The van der Waals surface area contributed by atoms with Gasteiger partial charge in [0.1, 0.15) is 0 Å². The van der Waals surface area contributed by atoms with Gasteiger partial charge in [0.2, 0.25) is 0 Å². The van der Waals surface area contributed by atoms with E-state index in [-0.39, 0.29) is 19.1 Å². The van der Waals surface area contributed by atoms with Gasteiger partial charge in [-0.3, -0.25) is 4.57 Å². The van der Waals surface area contributed by atoms with E-state index < -0.39 is 7.60 Å². The molecule has 0 bridgehead atoms. The van der Waals surface area contributed by atoms with Gasteiger partial charge in [0, 0.05) is 30.6 Å². The Morgan fingerprint density at radius 2 is 2.25 bits per heavy atom. The van der Waals surface area contributed by atoms with E-state index in [1.165, 1.54) is 0 Å². The zero-order valence-electron chi connectivity index (χ0n) is 9.32. The maximum Gasteiger partial charge on any atom is 0.325 e. The molecular formula is C8H18N3O4P. The molecule has 8 heteroatoms. The van der Waals surface area contributed by atoms with Crippen LogP contribution < -0.4 is 0 Å². The number of hydrogen-bond acceptors (Lipinski definition) is 4. The molecule has 0 aliphatic carbocycles. The second kappa shape index (κ2) is 8.56. The van der Waals surface area contributed by atoms with Crippen LogP contribution in [0.4, 0.5) is 0 Å². The van der Waals surface area contributed by atoms with Gasteiger partial charge < -0.3 is 14.5 Å². The number of unbranched alkanes of at least 4 members (excludes halogenated alkanes) is 1. The van der Waals surface area contributed by atoms with Crippen LogP contribution in [0.5, 0.6) is 0 Å². The summed E-state index contributed by atoms with van der Waals surface area (Å²) in [6, 6.07) is 0. The molecule has 2 N–H and O–H groups in total. The standard InChI is InChI=1S/C8H18N3O4P/c1-16(13,14)15-7-8(6-12)4-2-3-5-10-11-9/h8,12H,2-7H2,1H3,(H,13,14). The zero-order valence-corrected chi connectivity index (χ0v) is 10.2. The average Bonchev–Trinajstić information content (AvgIpc) is 2.21. The van der Waals surface area contributed by atoms with E-state index in [2.05, 4.69) is 10.0 Å². The summed E-state index contributed by atoms with van der Waals surface area (Å²) in [6.07, 6.45) is 2.20. The summed E-state index contributed by atoms with van der Waals surface area (Å²) in [5, 5.41) is 12.4. The Labute approximate surface area is 94.6 Å². The van der Waals surface area contributed by atoms with E-state index in [4.69, 9.17) is 20.1 Å². The first-order valence-corrected chi connectivity index (χ1v) is 7.08. The fourth-order valence-electron chi connectivity index (χ4n) is 1.13. The summed E-state index contributed by atoms with van der Waals surface area (Å²) in [6.45, 7) is 1.54. The average molecular weight is 251 g/mol. The SMILES string of the molecule is CP(=O)(O)OCC(CO)CCCCN=[N+]=[N-]. The van der Waals surface area contributed by atoms with E-state index in [1.54, 1.807) is 0 Å². The van der Waals surface area contributed by atoms with Crippen molar-refractivity contribution in [1.29, 1.82) is 0 Å². The maximum absolute atomic E-state index is 10.8. The first kappa shape index (κ1) is 15.4. The molecule has 16 heavy (non-hydrogen) atoms. The molecule has 0 saturated carbocycles. The van der Waals surface area contributed by atoms with Gasteiger partial charge in [0.25, 0.3) is 0 Å². The molecule has 7 nitrogen and oxygen atoms in total. The van der Waals surface area contributed by atoms with Gasteiger partial charge in [-0.2, -0.15) is 0 Å².